The Morgan fingerprint density at radius 3 is 2.29 bits per heavy atom. The summed E-state index contributed by atoms with van der Waals surface area (Å²) in [7, 11) is 5.32. The summed E-state index contributed by atoms with van der Waals surface area (Å²) in [5, 5.41) is 6.74. The number of piperidine rings is 1. The van der Waals surface area contributed by atoms with Gasteiger partial charge in [-0.15, -0.1) is 24.0 Å². The van der Waals surface area contributed by atoms with Crippen molar-refractivity contribution >= 4 is 35.8 Å². The molecule has 0 aliphatic carbocycles. The van der Waals surface area contributed by atoms with Crippen molar-refractivity contribution in [2.45, 2.75) is 26.8 Å². The Labute approximate surface area is 187 Å². The third-order valence-corrected chi connectivity index (χ3v) is 4.96. The van der Waals surface area contributed by atoms with Crippen molar-refractivity contribution < 1.29 is 4.79 Å². The summed E-state index contributed by atoms with van der Waals surface area (Å²) >= 11 is 0. The van der Waals surface area contributed by atoms with E-state index in [1.165, 1.54) is 19.5 Å². The van der Waals surface area contributed by atoms with Gasteiger partial charge in [0, 0.05) is 59.4 Å². The van der Waals surface area contributed by atoms with Crippen LogP contribution in [0.25, 0.3) is 0 Å². The van der Waals surface area contributed by atoms with Crippen LogP contribution in [0.5, 0.6) is 0 Å². The van der Waals surface area contributed by atoms with Gasteiger partial charge in [0.2, 0.25) is 0 Å². The second kappa shape index (κ2) is 12.3. The molecule has 158 valence electrons. The van der Waals surface area contributed by atoms with Crippen LogP contribution in [-0.4, -0.2) is 69.0 Å². The minimum Gasteiger partial charge on any atom is -0.355 e. The van der Waals surface area contributed by atoms with Crippen LogP contribution in [0.2, 0.25) is 0 Å². The largest absolute Gasteiger partial charge is 0.355 e. The van der Waals surface area contributed by atoms with Gasteiger partial charge in [0.15, 0.2) is 5.96 Å². The maximum absolute atomic E-state index is 11.9. The molecule has 2 unspecified atom stereocenters. The summed E-state index contributed by atoms with van der Waals surface area (Å²) < 4.78 is 0. The molecule has 1 fully saturated rings. The quantitative estimate of drug-likeness (QED) is 0.358. The molecular formula is C21H36IN5O. The van der Waals surface area contributed by atoms with Gasteiger partial charge in [0.05, 0.1) is 0 Å². The molecule has 0 spiro atoms. The van der Waals surface area contributed by atoms with Crippen LogP contribution in [-0.2, 0) is 6.54 Å². The van der Waals surface area contributed by atoms with Gasteiger partial charge in [-0.2, -0.15) is 0 Å². The molecule has 0 radical (unpaired) electrons. The molecule has 1 heterocycles. The van der Waals surface area contributed by atoms with E-state index in [-0.39, 0.29) is 29.9 Å². The minimum atomic E-state index is 0. The zero-order chi connectivity index (χ0) is 19.8. The highest BCUT2D eigenvalue weighted by molar-refractivity contribution is 14.0. The first kappa shape index (κ1) is 24.7. The Bertz CT molecular complexity index is 622. The summed E-state index contributed by atoms with van der Waals surface area (Å²) in [6.07, 6.45) is 1.34. The van der Waals surface area contributed by atoms with Crippen LogP contribution in [0.1, 0.15) is 36.2 Å². The average molecular weight is 501 g/mol. The number of guanidine groups is 1. The lowest BCUT2D eigenvalue weighted by Crippen LogP contribution is -2.45. The third-order valence-electron chi connectivity index (χ3n) is 4.96. The molecule has 2 rings (SSSR count). The fraction of sp³-hybridized carbons (Fsp3) is 0.619. The van der Waals surface area contributed by atoms with Crippen molar-refractivity contribution in [3.8, 4) is 0 Å². The van der Waals surface area contributed by atoms with E-state index in [9.17, 15) is 4.79 Å². The standard InChI is InChI=1S/C21H35N5O.HI/c1-16-12-17(2)15-26(14-16)11-10-23-21(22-3)24-13-18-6-8-19(9-7-18)20(27)25(4)5;/h6-9,16-17H,10-15H2,1-5H3,(H2,22,23,24);1H. The molecule has 1 aliphatic rings. The van der Waals surface area contributed by atoms with E-state index in [1.807, 2.05) is 24.3 Å². The van der Waals surface area contributed by atoms with Gasteiger partial charge in [0.1, 0.15) is 0 Å². The Morgan fingerprint density at radius 2 is 1.75 bits per heavy atom. The normalized spacial score (nSPS) is 20.2. The number of amides is 1. The van der Waals surface area contributed by atoms with Crippen LogP contribution in [0.3, 0.4) is 0 Å². The summed E-state index contributed by atoms with van der Waals surface area (Å²) in [5.74, 6) is 2.40. The minimum absolute atomic E-state index is 0. The molecule has 1 saturated heterocycles. The second-order valence-electron chi connectivity index (χ2n) is 7.95. The van der Waals surface area contributed by atoms with Crippen LogP contribution >= 0.6 is 24.0 Å². The molecule has 2 N–H and O–H groups in total. The average Bonchev–Trinajstić information content (AvgIpc) is 2.63. The van der Waals surface area contributed by atoms with Crippen molar-refractivity contribution in [3.63, 3.8) is 0 Å². The first-order chi connectivity index (χ1) is 12.9. The zero-order valence-corrected chi connectivity index (χ0v) is 20.2. The number of carbonyl (C=O) groups excluding carboxylic acids is 1. The molecular weight excluding hydrogens is 465 g/mol. The van der Waals surface area contributed by atoms with Crippen LogP contribution in [0.4, 0.5) is 0 Å². The van der Waals surface area contributed by atoms with E-state index in [4.69, 9.17) is 0 Å². The second-order valence-corrected chi connectivity index (χ2v) is 7.95. The Balaban J connectivity index is 0.00000392. The summed E-state index contributed by atoms with van der Waals surface area (Å²) in [6.45, 7) is 9.66. The van der Waals surface area contributed by atoms with Gasteiger partial charge in [0.25, 0.3) is 5.91 Å². The number of aliphatic imine (C=N–C) groups is 1. The number of hydrogen-bond acceptors (Lipinski definition) is 3. The van der Waals surface area contributed by atoms with Gasteiger partial charge < -0.3 is 20.4 Å². The predicted octanol–water partition coefficient (Wildman–Crippen LogP) is 2.65. The molecule has 28 heavy (non-hydrogen) atoms. The maximum Gasteiger partial charge on any atom is 0.253 e. The van der Waals surface area contributed by atoms with Crippen molar-refractivity contribution in [1.82, 2.24) is 20.4 Å². The SMILES string of the molecule is CN=C(NCCN1CC(C)CC(C)C1)NCc1ccc(C(=O)N(C)C)cc1.I. The van der Waals surface area contributed by atoms with Crippen molar-refractivity contribution in [1.29, 1.82) is 0 Å². The number of nitrogens with zero attached hydrogens (tertiary/aromatic N) is 3. The number of rotatable bonds is 6. The molecule has 0 aromatic heterocycles. The molecule has 7 heteroatoms. The maximum atomic E-state index is 11.9. The van der Waals surface area contributed by atoms with E-state index in [1.54, 1.807) is 26.0 Å². The molecule has 6 nitrogen and oxygen atoms in total. The van der Waals surface area contributed by atoms with E-state index in [0.717, 1.165) is 36.4 Å². The Hall–Kier alpha value is -1.35. The lowest BCUT2D eigenvalue weighted by Gasteiger charge is -2.35. The van der Waals surface area contributed by atoms with E-state index in [0.29, 0.717) is 12.1 Å². The van der Waals surface area contributed by atoms with Gasteiger partial charge in [-0.3, -0.25) is 9.79 Å². The Morgan fingerprint density at radius 1 is 1.14 bits per heavy atom. The van der Waals surface area contributed by atoms with E-state index in [2.05, 4.69) is 34.4 Å². The molecule has 1 aliphatic heterocycles. The molecule has 1 aromatic rings. The van der Waals surface area contributed by atoms with Crippen LogP contribution in [0, 0.1) is 11.8 Å². The highest BCUT2D eigenvalue weighted by Crippen LogP contribution is 2.20. The molecule has 0 saturated carbocycles. The number of nitrogens with one attached hydrogen (secondary N) is 2. The first-order valence-electron chi connectivity index (χ1n) is 9.86. The number of carbonyl (C=O) groups is 1. The fourth-order valence-corrected chi connectivity index (χ4v) is 3.74. The summed E-state index contributed by atoms with van der Waals surface area (Å²) in [6, 6.07) is 7.70. The van der Waals surface area contributed by atoms with Gasteiger partial charge in [-0.05, 0) is 36.0 Å². The Kier molecular flexibility index (Phi) is 10.8. The number of halogens is 1. The summed E-state index contributed by atoms with van der Waals surface area (Å²) in [4.78, 5) is 20.4. The summed E-state index contributed by atoms with van der Waals surface area (Å²) in [5.41, 5.74) is 1.82. The number of likely N-dealkylation sites (tertiary alicyclic amines) is 1. The fourth-order valence-electron chi connectivity index (χ4n) is 3.74. The molecule has 0 bridgehead atoms. The predicted molar refractivity (Wildman–Crippen MR) is 127 cm³/mol. The van der Waals surface area contributed by atoms with E-state index >= 15 is 0 Å². The molecule has 1 amide bonds. The number of hydrogen-bond donors (Lipinski definition) is 2. The van der Waals surface area contributed by atoms with E-state index < -0.39 is 0 Å². The van der Waals surface area contributed by atoms with Gasteiger partial charge >= 0.3 is 0 Å². The smallest absolute Gasteiger partial charge is 0.253 e. The highest BCUT2D eigenvalue weighted by atomic mass is 127. The third kappa shape index (κ3) is 7.95. The lowest BCUT2D eigenvalue weighted by atomic mass is 9.92. The van der Waals surface area contributed by atoms with Crippen LogP contribution in [0.15, 0.2) is 29.3 Å². The molecule has 2 atom stereocenters. The monoisotopic (exact) mass is 501 g/mol. The number of benzene rings is 1. The van der Waals surface area contributed by atoms with Gasteiger partial charge in [-0.25, -0.2) is 0 Å². The lowest BCUT2D eigenvalue weighted by molar-refractivity contribution is 0.0827. The van der Waals surface area contributed by atoms with Gasteiger partial charge in [-0.1, -0.05) is 26.0 Å². The van der Waals surface area contributed by atoms with Crippen molar-refractivity contribution in [2.24, 2.45) is 16.8 Å². The first-order valence-corrected chi connectivity index (χ1v) is 9.86. The zero-order valence-electron chi connectivity index (χ0n) is 17.9. The molecule has 1 aromatic carbocycles. The van der Waals surface area contributed by atoms with Crippen molar-refractivity contribution in [3.05, 3.63) is 35.4 Å². The van der Waals surface area contributed by atoms with Crippen LogP contribution < -0.4 is 10.6 Å². The highest BCUT2D eigenvalue weighted by Gasteiger charge is 2.21. The van der Waals surface area contributed by atoms with Crippen molar-refractivity contribution in [2.75, 3.05) is 47.3 Å². The topological polar surface area (TPSA) is 60.0 Å².